The van der Waals surface area contributed by atoms with Crippen LogP contribution >= 0.6 is 0 Å². The van der Waals surface area contributed by atoms with Gasteiger partial charge in [0, 0.05) is 6.07 Å². The highest BCUT2D eigenvalue weighted by Crippen LogP contribution is 2.30. The van der Waals surface area contributed by atoms with Gasteiger partial charge in [0.05, 0.1) is 41.2 Å². The highest BCUT2D eigenvalue weighted by molar-refractivity contribution is 5.88. The van der Waals surface area contributed by atoms with Gasteiger partial charge in [0.25, 0.3) is 5.69 Å². The lowest BCUT2D eigenvalue weighted by molar-refractivity contribution is -0.383. The third-order valence-corrected chi connectivity index (χ3v) is 3.14. The fourth-order valence-corrected chi connectivity index (χ4v) is 2.10. The summed E-state index contributed by atoms with van der Waals surface area (Å²) in [5.74, 6) is -0.661. The van der Waals surface area contributed by atoms with Crippen molar-refractivity contribution < 1.29 is 24.7 Å². The number of aliphatic hydroxyl groups excluding tert-OH is 2. The van der Waals surface area contributed by atoms with E-state index in [9.17, 15) is 25.1 Å². The molecule has 2 atom stereocenters. The van der Waals surface area contributed by atoms with Crippen LogP contribution in [0.2, 0.25) is 0 Å². The summed E-state index contributed by atoms with van der Waals surface area (Å²) in [6.07, 6.45) is -2.00. The van der Waals surface area contributed by atoms with Gasteiger partial charge in [0.15, 0.2) is 0 Å². The first kappa shape index (κ1) is 15.9. The molecule has 0 fully saturated rings. The van der Waals surface area contributed by atoms with E-state index in [0.717, 1.165) is 6.07 Å². The maximum absolute atomic E-state index is 11.3. The molecule has 0 saturated heterocycles. The number of aromatic amines is 1. The van der Waals surface area contributed by atoms with Crippen LogP contribution in [-0.4, -0.2) is 44.0 Å². The Labute approximate surface area is 124 Å². The molecule has 0 aliphatic heterocycles. The zero-order chi connectivity index (χ0) is 16.3. The zero-order valence-electron chi connectivity index (χ0n) is 11.7. The van der Waals surface area contributed by atoms with Gasteiger partial charge in [-0.25, -0.2) is 0 Å². The third kappa shape index (κ3) is 3.21. The summed E-state index contributed by atoms with van der Waals surface area (Å²) in [5, 5.41) is 37.6. The SMILES string of the molecule is CCOC(=O)CC(O)C(O)c1cc([N+](=O)[O-])c2cn[nH]c2c1. The third-order valence-electron chi connectivity index (χ3n) is 3.14. The van der Waals surface area contributed by atoms with Crippen molar-refractivity contribution in [1.29, 1.82) is 0 Å². The summed E-state index contributed by atoms with van der Waals surface area (Å²) >= 11 is 0. The van der Waals surface area contributed by atoms with Crippen LogP contribution in [0.15, 0.2) is 18.3 Å². The van der Waals surface area contributed by atoms with Crippen LogP contribution in [-0.2, 0) is 9.53 Å². The van der Waals surface area contributed by atoms with Gasteiger partial charge >= 0.3 is 5.97 Å². The molecule has 0 radical (unpaired) electrons. The number of carbonyl (C=O) groups excluding carboxylic acids is 1. The Hall–Kier alpha value is -2.52. The van der Waals surface area contributed by atoms with Gasteiger partial charge in [-0.15, -0.1) is 0 Å². The number of rotatable bonds is 6. The summed E-state index contributed by atoms with van der Waals surface area (Å²) in [4.78, 5) is 21.8. The number of fused-ring (bicyclic) bond motifs is 1. The summed E-state index contributed by atoms with van der Waals surface area (Å²) in [6.45, 7) is 1.78. The topological polar surface area (TPSA) is 139 Å². The molecule has 2 unspecified atom stereocenters. The Morgan fingerprint density at radius 3 is 2.86 bits per heavy atom. The number of carbonyl (C=O) groups is 1. The van der Waals surface area contributed by atoms with E-state index in [1.54, 1.807) is 6.92 Å². The molecule has 0 amide bonds. The number of non-ortho nitro benzene ring substituents is 1. The van der Waals surface area contributed by atoms with Crippen LogP contribution in [0.1, 0.15) is 25.0 Å². The minimum atomic E-state index is -1.46. The molecule has 0 spiro atoms. The molecule has 0 saturated carbocycles. The molecular weight excluding hydrogens is 294 g/mol. The van der Waals surface area contributed by atoms with Gasteiger partial charge in [-0.2, -0.15) is 5.10 Å². The van der Waals surface area contributed by atoms with Crippen molar-refractivity contribution in [2.45, 2.75) is 25.6 Å². The molecule has 0 bridgehead atoms. The van der Waals surface area contributed by atoms with Crippen LogP contribution in [0.4, 0.5) is 5.69 Å². The van der Waals surface area contributed by atoms with E-state index in [0.29, 0.717) is 10.9 Å². The second kappa shape index (κ2) is 6.50. The molecule has 2 rings (SSSR count). The first-order valence-corrected chi connectivity index (χ1v) is 6.57. The van der Waals surface area contributed by atoms with E-state index < -0.39 is 29.5 Å². The maximum atomic E-state index is 11.3. The number of hydrogen-bond donors (Lipinski definition) is 3. The Morgan fingerprint density at radius 2 is 2.23 bits per heavy atom. The number of nitro benzene ring substituents is 1. The van der Waals surface area contributed by atoms with Crippen molar-refractivity contribution in [3.05, 3.63) is 34.0 Å². The molecular formula is C13H15N3O6. The molecule has 9 nitrogen and oxygen atoms in total. The minimum absolute atomic E-state index is 0.111. The van der Waals surface area contributed by atoms with Crippen molar-refractivity contribution in [3.63, 3.8) is 0 Å². The number of nitro groups is 1. The molecule has 1 aromatic heterocycles. The molecule has 0 aliphatic carbocycles. The van der Waals surface area contributed by atoms with Crippen LogP contribution in [0.3, 0.4) is 0 Å². The molecule has 22 heavy (non-hydrogen) atoms. The van der Waals surface area contributed by atoms with E-state index in [1.807, 2.05) is 0 Å². The van der Waals surface area contributed by atoms with Crippen LogP contribution in [0.5, 0.6) is 0 Å². The number of hydrogen-bond acceptors (Lipinski definition) is 7. The molecule has 118 valence electrons. The fraction of sp³-hybridized carbons (Fsp3) is 0.385. The fourth-order valence-electron chi connectivity index (χ4n) is 2.10. The highest BCUT2D eigenvalue weighted by Gasteiger charge is 2.25. The molecule has 1 aromatic carbocycles. The molecule has 9 heteroatoms. The Kier molecular flexibility index (Phi) is 4.68. The lowest BCUT2D eigenvalue weighted by Gasteiger charge is -2.17. The van der Waals surface area contributed by atoms with Gasteiger partial charge in [-0.05, 0) is 18.6 Å². The van der Waals surface area contributed by atoms with Gasteiger partial charge in [0.2, 0.25) is 0 Å². The molecule has 0 aliphatic rings. The number of esters is 1. The molecule has 3 N–H and O–H groups in total. The largest absolute Gasteiger partial charge is 0.466 e. The Bertz CT molecular complexity index is 698. The Morgan fingerprint density at radius 1 is 1.50 bits per heavy atom. The quantitative estimate of drug-likeness (QED) is 0.408. The Balaban J connectivity index is 2.29. The van der Waals surface area contributed by atoms with E-state index in [1.165, 1.54) is 12.3 Å². The van der Waals surface area contributed by atoms with Crippen molar-refractivity contribution in [2.75, 3.05) is 6.61 Å². The first-order chi connectivity index (χ1) is 10.4. The maximum Gasteiger partial charge on any atom is 0.308 e. The number of ether oxygens (including phenoxy) is 1. The number of aromatic nitrogens is 2. The molecule has 1 heterocycles. The van der Waals surface area contributed by atoms with Gasteiger partial charge in [-0.3, -0.25) is 20.0 Å². The summed E-state index contributed by atoms with van der Waals surface area (Å²) in [6, 6.07) is 2.59. The number of nitrogens with one attached hydrogen (secondary N) is 1. The smallest absolute Gasteiger partial charge is 0.308 e. The van der Waals surface area contributed by atoms with Crippen LogP contribution in [0.25, 0.3) is 10.9 Å². The van der Waals surface area contributed by atoms with Crippen molar-refractivity contribution in [3.8, 4) is 0 Å². The van der Waals surface area contributed by atoms with E-state index in [2.05, 4.69) is 14.9 Å². The van der Waals surface area contributed by atoms with Crippen molar-refractivity contribution in [1.82, 2.24) is 10.2 Å². The average molecular weight is 309 g/mol. The first-order valence-electron chi connectivity index (χ1n) is 6.57. The number of nitrogens with zero attached hydrogens (tertiary/aromatic N) is 2. The number of aliphatic hydroxyl groups is 2. The van der Waals surface area contributed by atoms with Gasteiger partial charge < -0.3 is 14.9 Å². The summed E-state index contributed by atoms with van der Waals surface area (Å²) in [7, 11) is 0. The van der Waals surface area contributed by atoms with Crippen LogP contribution < -0.4 is 0 Å². The van der Waals surface area contributed by atoms with Gasteiger partial charge in [0.1, 0.15) is 6.10 Å². The average Bonchev–Trinajstić information content (AvgIpc) is 2.93. The van der Waals surface area contributed by atoms with Crippen molar-refractivity contribution >= 4 is 22.6 Å². The second-order valence-electron chi connectivity index (χ2n) is 4.65. The second-order valence-corrected chi connectivity index (χ2v) is 4.65. The van der Waals surface area contributed by atoms with Crippen molar-refractivity contribution in [2.24, 2.45) is 0 Å². The lowest BCUT2D eigenvalue weighted by Crippen LogP contribution is -2.23. The minimum Gasteiger partial charge on any atom is -0.466 e. The standard InChI is InChI=1S/C13H15N3O6/c1-2-22-12(18)5-11(17)13(19)7-3-9-8(6-14-15-9)10(4-7)16(20)21/h3-4,6,11,13,17,19H,2,5H2,1H3,(H,14,15). The predicted molar refractivity (Wildman–Crippen MR) is 75.0 cm³/mol. The predicted octanol–water partition coefficient (Wildman–Crippen LogP) is 0.819. The van der Waals surface area contributed by atoms with Crippen LogP contribution in [0, 0.1) is 10.1 Å². The monoisotopic (exact) mass is 309 g/mol. The summed E-state index contributed by atoms with van der Waals surface area (Å²) in [5.41, 5.74) is 0.218. The summed E-state index contributed by atoms with van der Waals surface area (Å²) < 4.78 is 4.68. The number of benzene rings is 1. The lowest BCUT2D eigenvalue weighted by atomic mass is 10.00. The molecule has 2 aromatic rings. The van der Waals surface area contributed by atoms with Gasteiger partial charge in [-0.1, -0.05) is 0 Å². The zero-order valence-corrected chi connectivity index (χ0v) is 11.7. The van der Waals surface area contributed by atoms with E-state index in [-0.39, 0.29) is 17.9 Å². The van der Waals surface area contributed by atoms with E-state index >= 15 is 0 Å². The van der Waals surface area contributed by atoms with E-state index in [4.69, 9.17) is 0 Å². The number of H-pyrrole nitrogens is 1. The highest BCUT2D eigenvalue weighted by atomic mass is 16.6. The normalized spacial score (nSPS) is 13.8.